The van der Waals surface area contributed by atoms with Crippen LogP contribution in [0.2, 0.25) is 0 Å². The predicted octanol–water partition coefficient (Wildman–Crippen LogP) is 0.760. The van der Waals surface area contributed by atoms with Gasteiger partial charge in [0.05, 0.1) is 24.4 Å². The molecule has 0 aromatic heterocycles. The highest BCUT2D eigenvalue weighted by Crippen LogP contribution is 2.68. The maximum Gasteiger partial charge on any atom is 0.163 e. The molecule has 2 aliphatic carbocycles. The molecule has 1 heterocycles. The molecule has 1 saturated heterocycles. The predicted molar refractivity (Wildman–Crippen MR) is 76.4 cm³/mol. The zero-order chi connectivity index (χ0) is 15.8. The van der Waals surface area contributed by atoms with Gasteiger partial charge >= 0.3 is 0 Å². The SMILES string of the molecule is CO[C@H]1OC[C@@]2(C)[C@H](O)C(C)(C)[C@@H]3[C@@H](O)C[C@@H](C)[C@H]1[C@]32O. The van der Waals surface area contributed by atoms with Crippen LogP contribution in [0, 0.1) is 28.6 Å². The van der Waals surface area contributed by atoms with E-state index in [1.807, 2.05) is 27.7 Å². The highest BCUT2D eigenvalue weighted by Gasteiger charge is 2.78. The quantitative estimate of drug-likeness (QED) is 0.666. The van der Waals surface area contributed by atoms with E-state index >= 15 is 0 Å². The van der Waals surface area contributed by atoms with Gasteiger partial charge in [0, 0.05) is 24.4 Å². The Bertz CT molecular complexity index is 438. The third-order valence-corrected chi connectivity index (χ3v) is 6.69. The number of aliphatic hydroxyl groups excluding tert-OH is 2. The Balaban J connectivity index is 2.19. The van der Waals surface area contributed by atoms with E-state index < -0.39 is 34.9 Å². The van der Waals surface area contributed by atoms with Gasteiger partial charge in [-0.15, -0.1) is 0 Å². The van der Waals surface area contributed by atoms with E-state index in [9.17, 15) is 15.3 Å². The molecule has 5 heteroatoms. The van der Waals surface area contributed by atoms with Gasteiger partial charge in [0.25, 0.3) is 0 Å². The van der Waals surface area contributed by atoms with Crippen molar-refractivity contribution < 1.29 is 24.8 Å². The van der Waals surface area contributed by atoms with Gasteiger partial charge in [-0.2, -0.15) is 0 Å². The van der Waals surface area contributed by atoms with Gasteiger partial charge in [0.15, 0.2) is 6.29 Å². The van der Waals surface area contributed by atoms with Crippen LogP contribution in [0.4, 0.5) is 0 Å². The first-order valence-corrected chi connectivity index (χ1v) is 7.85. The summed E-state index contributed by atoms with van der Waals surface area (Å²) in [6.07, 6.45) is -1.26. The van der Waals surface area contributed by atoms with Crippen LogP contribution in [0.3, 0.4) is 0 Å². The summed E-state index contributed by atoms with van der Waals surface area (Å²) in [5, 5.41) is 33.3. The second kappa shape index (κ2) is 4.42. The fraction of sp³-hybridized carbons (Fsp3) is 1.00. The lowest BCUT2D eigenvalue weighted by molar-refractivity contribution is -0.328. The molecule has 8 atom stereocenters. The Kier molecular flexibility index (Phi) is 3.30. The van der Waals surface area contributed by atoms with E-state index in [-0.39, 0.29) is 24.4 Å². The Labute approximate surface area is 126 Å². The zero-order valence-electron chi connectivity index (χ0n) is 13.5. The fourth-order valence-electron chi connectivity index (χ4n) is 5.85. The van der Waals surface area contributed by atoms with Crippen molar-refractivity contribution in [2.75, 3.05) is 13.7 Å². The summed E-state index contributed by atoms with van der Waals surface area (Å²) < 4.78 is 11.3. The molecule has 0 spiro atoms. The fourth-order valence-corrected chi connectivity index (χ4v) is 5.85. The molecule has 0 radical (unpaired) electrons. The summed E-state index contributed by atoms with van der Waals surface area (Å²) in [7, 11) is 1.58. The Morgan fingerprint density at radius 1 is 1.19 bits per heavy atom. The van der Waals surface area contributed by atoms with Crippen molar-refractivity contribution in [3.63, 3.8) is 0 Å². The molecule has 0 bridgehead atoms. The third-order valence-electron chi connectivity index (χ3n) is 6.69. The minimum Gasteiger partial charge on any atom is -0.393 e. The van der Waals surface area contributed by atoms with Crippen LogP contribution in [0.25, 0.3) is 0 Å². The lowest BCUT2D eigenvalue weighted by atomic mass is 9.54. The molecule has 0 aromatic rings. The lowest BCUT2D eigenvalue weighted by Gasteiger charge is -2.59. The molecule has 3 rings (SSSR count). The molecular formula is C16H28O5. The van der Waals surface area contributed by atoms with Gasteiger partial charge in [-0.25, -0.2) is 0 Å². The lowest BCUT2D eigenvalue weighted by Crippen LogP contribution is -2.69. The average molecular weight is 300 g/mol. The number of methoxy groups -OCH3 is 1. The molecular weight excluding hydrogens is 272 g/mol. The standard InChI is InChI=1S/C16H28O5/c1-8-6-9(17)11-14(2,3)13(18)15(4)7-21-12(20-5)10(8)16(11,15)19/h8-13,17-19H,6-7H2,1-5H3/t8-,9+,10-,11+,12+,13-,15+,16+/m1/s1. The van der Waals surface area contributed by atoms with E-state index in [0.29, 0.717) is 6.42 Å². The second-order valence-corrected chi connectivity index (χ2v) is 8.17. The zero-order valence-corrected chi connectivity index (χ0v) is 13.5. The number of hydrogen-bond acceptors (Lipinski definition) is 5. The average Bonchev–Trinajstić information content (AvgIpc) is 2.50. The van der Waals surface area contributed by atoms with Crippen LogP contribution in [0.5, 0.6) is 0 Å². The molecule has 122 valence electrons. The normalized spacial score (nSPS) is 58.9. The van der Waals surface area contributed by atoms with Crippen molar-refractivity contribution in [2.45, 2.75) is 58.2 Å². The summed E-state index contributed by atoms with van der Waals surface area (Å²) in [5.41, 5.74) is -2.56. The summed E-state index contributed by atoms with van der Waals surface area (Å²) in [4.78, 5) is 0. The van der Waals surface area contributed by atoms with Gasteiger partial charge in [0.2, 0.25) is 0 Å². The Hall–Kier alpha value is -0.200. The van der Waals surface area contributed by atoms with Crippen molar-refractivity contribution in [1.29, 1.82) is 0 Å². The highest BCUT2D eigenvalue weighted by molar-refractivity contribution is 5.25. The maximum absolute atomic E-state index is 11.7. The van der Waals surface area contributed by atoms with E-state index in [1.165, 1.54) is 0 Å². The second-order valence-electron chi connectivity index (χ2n) is 8.17. The molecule has 3 N–H and O–H groups in total. The van der Waals surface area contributed by atoms with Crippen LogP contribution >= 0.6 is 0 Å². The largest absolute Gasteiger partial charge is 0.393 e. The summed E-state index contributed by atoms with van der Waals surface area (Å²) in [6, 6.07) is 0. The van der Waals surface area contributed by atoms with Crippen molar-refractivity contribution in [1.82, 2.24) is 0 Å². The smallest absolute Gasteiger partial charge is 0.163 e. The van der Waals surface area contributed by atoms with Gasteiger partial charge < -0.3 is 24.8 Å². The first kappa shape index (κ1) is 15.7. The minimum absolute atomic E-state index is 0.0620. The Morgan fingerprint density at radius 3 is 2.38 bits per heavy atom. The molecule has 0 amide bonds. The number of ether oxygens (including phenoxy) is 2. The van der Waals surface area contributed by atoms with Crippen LogP contribution in [-0.4, -0.2) is 53.1 Å². The van der Waals surface area contributed by atoms with Gasteiger partial charge in [-0.05, 0) is 17.8 Å². The van der Waals surface area contributed by atoms with E-state index in [1.54, 1.807) is 7.11 Å². The molecule has 2 saturated carbocycles. The van der Waals surface area contributed by atoms with Gasteiger partial charge in [-0.1, -0.05) is 27.7 Å². The van der Waals surface area contributed by atoms with Crippen molar-refractivity contribution in [3.05, 3.63) is 0 Å². The van der Waals surface area contributed by atoms with Gasteiger partial charge in [0.1, 0.15) is 0 Å². The summed E-state index contributed by atoms with van der Waals surface area (Å²) in [6.45, 7) is 7.99. The first-order chi connectivity index (χ1) is 9.62. The van der Waals surface area contributed by atoms with Crippen molar-refractivity contribution >= 4 is 0 Å². The maximum atomic E-state index is 11.7. The van der Waals surface area contributed by atoms with E-state index in [0.717, 1.165) is 0 Å². The topological polar surface area (TPSA) is 79.2 Å². The molecule has 0 aromatic carbocycles. The van der Waals surface area contributed by atoms with Crippen molar-refractivity contribution in [2.24, 2.45) is 28.6 Å². The molecule has 0 unspecified atom stereocenters. The summed E-state index contributed by atoms with van der Waals surface area (Å²) >= 11 is 0. The molecule has 3 aliphatic rings. The van der Waals surface area contributed by atoms with E-state index in [2.05, 4.69) is 0 Å². The Morgan fingerprint density at radius 2 is 1.81 bits per heavy atom. The monoisotopic (exact) mass is 300 g/mol. The molecule has 21 heavy (non-hydrogen) atoms. The van der Waals surface area contributed by atoms with E-state index in [4.69, 9.17) is 9.47 Å². The summed E-state index contributed by atoms with van der Waals surface area (Å²) in [5.74, 6) is -0.564. The van der Waals surface area contributed by atoms with Crippen molar-refractivity contribution in [3.8, 4) is 0 Å². The van der Waals surface area contributed by atoms with Gasteiger partial charge in [-0.3, -0.25) is 0 Å². The minimum atomic E-state index is -1.19. The highest BCUT2D eigenvalue weighted by atomic mass is 16.7. The number of hydrogen-bond donors (Lipinski definition) is 3. The molecule has 5 nitrogen and oxygen atoms in total. The molecule has 3 fully saturated rings. The van der Waals surface area contributed by atoms with Crippen LogP contribution in [0.1, 0.15) is 34.1 Å². The number of rotatable bonds is 1. The third kappa shape index (κ3) is 1.59. The van der Waals surface area contributed by atoms with Crippen LogP contribution < -0.4 is 0 Å². The molecule has 1 aliphatic heterocycles. The number of aliphatic hydroxyl groups is 3. The first-order valence-electron chi connectivity index (χ1n) is 7.85. The van der Waals surface area contributed by atoms with Crippen LogP contribution in [0.15, 0.2) is 0 Å². The van der Waals surface area contributed by atoms with Crippen LogP contribution in [-0.2, 0) is 9.47 Å².